The minimum absolute atomic E-state index is 0.0843. The first-order chi connectivity index (χ1) is 9.13. The molecule has 1 aromatic carbocycles. The lowest BCUT2D eigenvalue weighted by Crippen LogP contribution is -2.32. The molecule has 0 saturated heterocycles. The number of hydrogen-bond donors (Lipinski definition) is 2. The van der Waals surface area contributed by atoms with E-state index in [4.69, 9.17) is 0 Å². The molecule has 2 rings (SSSR count). The molecular formula is C15H21FN2O. The van der Waals surface area contributed by atoms with Crippen molar-refractivity contribution in [2.45, 2.75) is 32.6 Å². The minimum atomic E-state index is -0.300. The maximum Gasteiger partial charge on any atom is 0.238 e. The third-order valence-corrected chi connectivity index (χ3v) is 3.65. The Morgan fingerprint density at radius 3 is 2.58 bits per heavy atom. The molecule has 1 saturated carbocycles. The third-order valence-electron chi connectivity index (χ3n) is 3.65. The maximum absolute atomic E-state index is 12.7. The van der Waals surface area contributed by atoms with Crippen LogP contribution in [-0.2, 0) is 4.79 Å². The zero-order valence-electron chi connectivity index (χ0n) is 11.3. The second-order valence-electron chi connectivity index (χ2n) is 5.41. The van der Waals surface area contributed by atoms with Gasteiger partial charge in [-0.15, -0.1) is 0 Å². The molecule has 0 spiro atoms. The summed E-state index contributed by atoms with van der Waals surface area (Å²) in [5, 5.41) is 5.96. The van der Waals surface area contributed by atoms with Crippen LogP contribution < -0.4 is 10.6 Å². The van der Waals surface area contributed by atoms with Gasteiger partial charge in [0.25, 0.3) is 0 Å². The Morgan fingerprint density at radius 2 is 2.00 bits per heavy atom. The SMILES string of the molecule is CCCC1(CNCC(=O)Nc2ccc(F)cc2)CC1. The van der Waals surface area contributed by atoms with E-state index in [0.717, 1.165) is 6.54 Å². The predicted molar refractivity (Wildman–Crippen MR) is 74.5 cm³/mol. The molecule has 0 bridgehead atoms. The van der Waals surface area contributed by atoms with E-state index in [1.165, 1.54) is 37.8 Å². The number of carbonyl (C=O) groups is 1. The second kappa shape index (κ2) is 6.15. The van der Waals surface area contributed by atoms with Gasteiger partial charge in [0.2, 0.25) is 5.91 Å². The fraction of sp³-hybridized carbons (Fsp3) is 0.533. The first kappa shape index (κ1) is 14.0. The lowest BCUT2D eigenvalue weighted by atomic mass is 10.0. The molecule has 0 heterocycles. The standard InChI is InChI=1S/C15H21FN2O/c1-2-7-15(8-9-15)11-17-10-14(19)18-13-5-3-12(16)4-6-13/h3-6,17H,2,7-11H2,1H3,(H,18,19). The van der Waals surface area contributed by atoms with Crippen LogP contribution in [0.25, 0.3) is 0 Å². The lowest BCUT2D eigenvalue weighted by Gasteiger charge is -2.14. The summed E-state index contributed by atoms with van der Waals surface area (Å²) in [4.78, 5) is 11.7. The van der Waals surface area contributed by atoms with Crippen molar-refractivity contribution < 1.29 is 9.18 Å². The van der Waals surface area contributed by atoms with E-state index in [2.05, 4.69) is 17.6 Å². The summed E-state index contributed by atoms with van der Waals surface area (Å²) in [6.45, 7) is 3.42. The van der Waals surface area contributed by atoms with E-state index in [-0.39, 0.29) is 11.7 Å². The van der Waals surface area contributed by atoms with Crippen LogP contribution in [0.1, 0.15) is 32.6 Å². The van der Waals surface area contributed by atoms with Gasteiger partial charge in [-0.25, -0.2) is 4.39 Å². The Bertz CT molecular complexity index is 426. The number of halogens is 1. The number of carbonyl (C=O) groups excluding carboxylic acids is 1. The highest BCUT2D eigenvalue weighted by Crippen LogP contribution is 2.48. The van der Waals surface area contributed by atoms with Crippen molar-refractivity contribution >= 4 is 11.6 Å². The average molecular weight is 264 g/mol. The maximum atomic E-state index is 12.7. The summed E-state index contributed by atoms with van der Waals surface area (Å²) in [6, 6.07) is 5.80. The number of rotatable bonds is 7. The molecule has 1 aliphatic rings. The van der Waals surface area contributed by atoms with Crippen LogP contribution in [-0.4, -0.2) is 19.0 Å². The average Bonchev–Trinajstić information content (AvgIpc) is 3.13. The van der Waals surface area contributed by atoms with Crippen LogP contribution >= 0.6 is 0 Å². The van der Waals surface area contributed by atoms with Crippen molar-refractivity contribution in [3.63, 3.8) is 0 Å². The quantitative estimate of drug-likeness (QED) is 0.795. The van der Waals surface area contributed by atoms with Gasteiger partial charge in [0.15, 0.2) is 0 Å². The molecule has 104 valence electrons. The van der Waals surface area contributed by atoms with E-state index in [1.807, 2.05) is 0 Å². The molecule has 2 N–H and O–H groups in total. The van der Waals surface area contributed by atoms with E-state index in [1.54, 1.807) is 12.1 Å². The van der Waals surface area contributed by atoms with Crippen LogP contribution in [0.4, 0.5) is 10.1 Å². The summed E-state index contributed by atoms with van der Waals surface area (Å²) in [5.74, 6) is -0.384. The zero-order valence-corrected chi connectivity index (χ0v) is 11.3. The Kier molecular flexibility index (Phi) is 4.53. The molecule has 1 fully saturated rings. The molecule has 0 aliphatic heterocycles. The highest BCUT2D eigenvalue weighted by atomic mass is 19.1. The van der Waals surface area contributed by atoms with Gasteiger partial charge in [0.1, 0.15) is 5.82 Å². The molecule has 3 nitrogen and oxygen atoms in total. The normalized spacial score (nSPS) is 16.1. The monoisotopic (exact) mass is 264 g/mol. The third kappa shape index (κ3) is 4.31. The summed E-state index contributed by atoms with van der Waals surface area (Å²) in [6.07, 6.45) is 4.98. The van der Waals surface area contributed by atoms with Gasteiger partial charge in [0, 0.05) is 12.2 Å². The molecule has 4 heteroatoms. The van der Waals surface area contributed by atoms with Crippen molar-refractivity contribution in [2.24, 2.45) is 5.41 Å². The van der Waals surface area contributed by atoms with Gasteiger partial charge in [-0.2, -0.15) is 0 Å². The molecule has 0 radical (unpaired) electrons. The molecule has 0 atom stereocenters. The van der Waals surface area contributed by atoms with Crippen molar-refractivity contribution in [1.29, 1.82) is 0 Å². The smallest absolute Gasteiger partial charge is 0.238 e. The topological polar surface area (TPSA) is 41.1 Å². The van der Waals surface area contributed by atoms with Gasteiger partial charge in [0.05, 0.1) is 6.54 Å². The van der Waals surface area contributed by atoms with Gasteiger partial charge in [-0.05, 0) is 48.9 Å². The van der Waals surface area contributed by atoms with Gasteiger partial charge in [-0.3, -0.25) is 4.79 Å². The molecule has 1 amide bonds. The van der Waals surface area contributed by atoms with E-state index in [9.17, 15) is 9.18 Å². The predicted octanol–water partition coefficient (Wildman–Crippen LogP) is 2.93. The Labute approximate surface area is 113 Å². The number of anilines is 1. The highest BCUT2D eigenvalue weighted by Gasteiger charge is 2.40. The van der Waals surface area contributed by atoms with Crippen LogP contribution in [0, 0.1) is 11.2 Å². The molecule has 1 aliphatic carbocycles. The molecule has 1 aromatic rings. The van der Waals surface area contributed by atoms with Gasteiger partial charge in [-0.1, -0.05) is 13.3 Å². The first-order valence-corrected chi connectivity index (χ1v) is 6.90. The number of amides is 1. The van der Waals surface area contributed by atoms with Gasteiger partial charge >= 0.3 is 0 Å². The largest absolute Gasteiger partial charge is 0.325 e. The highest BCUT2D eigenvalue weighted by molar-refractivity contribution is 5.92. The van der Waals surface area contributed by atoms with Crippen molar-refractivity contribution in [3.8, 4) is 0 Å². The van der Waals surface area contributed by atoms with E-state index >= 15 is 0 Å². The zero-order chi connectivity index (χ0) is 13.7. The van der Waals surface area contributed by atoms with Crippen LogP contribution in [0.2, 0.25) is 0 Å². The van der Waals surface area contributed by atoms with Crippen molar-refractivity contribution in [1.82, 2.24) is 5.32 Å². The number of hydrogen-bond acceptors (Lipinski definition) is 2. The molecule has 0 aromatic heterocycles. The minimum Gasteiger partial charge on any atom is -0.325 e. The number of nitrogens with one attached hydrogen (secondary N) is 2. The molecular weight excluding hydrogens is 243 g/mol. The summed E-state index contributed by atoms with van der Waals surface area (Å²) in [5.41, 5.74) is 1.08. The van der Waals surface area contributed by atoms with Crippen molar-refractivity contribution in [3.05, 3.63) is 30.1 Å². The van der Waals surface area contributed by atoms with Crippen LogP contribution in [0.3, 0.4) is 0 Å². The fourth-order valence-corrected chi connectivity index (χ4v) is 2.40. The summed E-state index contributed by atoms with van der Waals surface area (Å²) < 4.78 is 12.7. The second-order valence-corrected chi connectivity index (χ2v) is 5.41. The van der Waals surface area contributed by atoms with E-state index in [0.29, 0.717) is 17.6 Å². The number of benzene rings is 1. The molecule has 19 heavy (non-hydrogen) atoms. The Hall–Kier alpha value is -1.42. The summed E-state index contributed by atoms with van der Waals surface area (Å²) >= 11 is 0. The Morgan fingerprint density at radius 1 is 1.32 bits per heavy atom. The molecule has 0 unspecified atom stereocenters. The van der Waals surface area contributed by atoms with Gasteiger partial charge < -0.3 is 10.6 Å². The van der Waals surface area contributed by atoms with Crippen molar-refractivity contribution in [2.75, 3.05) is 18.4 Å². The fourth-order valence-electron chi connectivity index (χ4n) is 2.40. The Balaban J connectivity index is 1.69. The van der Waals surface area contributed by atoms with Crippen LogP contribution in [0.15, 0.2) is 24.3 Å². The lowest BCUT2D eigenvalue weighted by molar-refractivity contribution is -0.115. The first-order valence-electron chi connectivity index (χ1n) is 6.90. The van der Waals surface area contributed by atoms with E-state index < -0.39 is 0 Å². The summed E-state index contributed by atoms with van der Waals surface area (Å²) in [7, 11) is 0. The van der Waals surface area contributed by atoms with Crippen LogP contribution in [0.5, 0.6) is 0 Å².